The van der Waals surface area contributed by atoms with Crippen molar-refractivity contribution in [3.8, 4) is 0 Å². The van der Waals surface area contributed by atoms with Gasteiger partial charge >= 0.3 is 22.3 Å². The van der Waals surface area contributed by atoms with Gasteiger partial charge in [-0.25, -0.2) is 0 Å². The molecule has 11 heteroatoms. The van der Waals surface area contributed by atoms with Crippen molar-refractivity contribution in [3.05, 3.63) is 0 Å². The molecule has 10 nitrogen and oxygen atoms in total. The van der Waals surface area contributed by atoms with Crippen molar-refractivity contribution in [1.82, 2.24) is 10.6 Å². The summed E-state index contributed by atoms with van der Waals surface area (Å²) in [7, 11) is 4.21. The molecule has 0 aliphatic carbocycles. The largest absolute Gasteiger partial charge is 0.481 e. The van der Waals surface area contributed by atoms with Gasteiger partial charge in [0.1, 0.15) is 0 Å². The van der Waals surface area contributed by atoms with Crippen LogP contribution in [0.5, 0.6) is 0 Å². The van der Waals surface area contributed by atoms with Crippen molar-refractivity contribution in [2.75, 3.05) is 41.9 Å². The van der Waals surface area contributed by atoms with E-state index in [-0.39, 0.29) is 5.97 Å². The highest BCUT2D eigenvalue weighted by molar-refractivity contribution is 7.80. The average molecular weight is 743 g/mol. The first-order valence-electron chi connectivity index (χ1n) is 20.0. The van der Waals surface area contributed by atoms with E-state index in [1.807, 2.05) is 35.1 Å². The maximum atomic E-state index is 11.1. The third-order valence-electron chi connectivity index (χ3n) is 7.49. The molecular formula is C39H86N2O8S. The summed E-state index contributed by atoms with van der Waals surface area (Å²) in [6.07, 6.45) is 35.3. The van der Waals surface area contributed by atoms with Crippen molar-refractivity contribution in [1.29, 1.82) is 0 Å². The second-order valence-electron chi connectivity index (χ2n) is 12.8. The predicted octanol–water partition coefficient (Wildman–Crippen LogP) is 10.7. The Kier molecular flexibility index (Phi) is 63.3. The summed E-state index contributed by atoms with van der Waals surface area (Å²) in [6.45, 7) is 6.90. The number of nitrogens with one attached hydrogen (secondary N) is 2. The third-order valence-corrected chi connectivity index (χ3v) is 7.92. The van der Waals surface area contributed by atoms with Gasteiger partial charge in [0.15, 0.2) is 0 Å². The zero-order chi connectivity index (χ0) is 39.0. The van der Waals surface area contributed by atoms with Crippen LogP contribution >= 0.6 is 0 Å². The van der Waals surface area contributed by atoms with Crippen LogP contribution in [0.3, 0.4) is 0 Å². The summed E-state index contributed by atoms with van der Waals surface area (Å²) in [5.41, 5.74) is 0. The molecule has 0 rings (SSSR count). The van der Waals surface area contributed by atoms with E-state index in [1.54, 1.807) is 0 Å². The highest BCUT2D eigenvalue weighted by Crippen LogP contribution is 2.14. The van der Waals surface area contributed by atoms with Crippen LogP contribution in [-0.2, 0) is 28.9 Å². The maximum absolute atomic E-state index is 11.1. The Balaban J connectivity index is -0.000000204. The number of esters is 1. The van der Waals surface area contributed by atoms with E-state index in [2.05, 4.69) is 28.7 Å². The minimum absolute atomic E-state index is 0.0319. The van der Waals surface area contributed by atoms with Crippen LogP contribution < -0.4 is 10.6 Å². The molecule has 0 aromatic rings. The van der Waals surface area contributed by atoms with Crippen LogP contribution in [0.25, 0.3) is 0 Å². The summed E-state index contributed by atoms with van der Waals surface area (Å²) < 4.78 is 34.6. The lowest BCUT2D eigenvalue weighted by Crippen LogP contribution is -2.03. The van der Waals surface area contributed by atoms with Crippen molar-refractivity contribution >= 4 is 22.3 Å². The third kappa shape index (κ3) is 81.0. The first-order chi connectivity index (χ1) is 24.0. The lowest BCUT2D eigenvalue weighted by Gasteiger charge is -2.03. The topological polar surface area (TPSA) is 151 Å². The van der Waals surface area contributed by atoms with Crippen molar-refractivity contribution in [2.24, 2.45) is 0 Å². The molecule has 0 unspecified atom stereocenters. The molecule has 0 heterocycles. The van der Waals surface area contributed by atoms with Crippen molar-refractivity contribution < 1.29 is 36.6 Å². The monoisotopic (exact) mass is 743 g/mol. The molecule has 0 aliphatic heterocycles. The Morgan fingerprint density at radius 1 is 0.500 bits per heavy atom. The predicted molar refractivity (Wildman–Crippen MR) is 213 cm³/mol. The maximum Gasteiger partial charge on any atom is 0.397 e. The smallest absolute Gasteiger partial charge is 0.397 e. The zero-order valence-corrected chi connectivity index (χ0v) is 35.1. The number of rotatable bonds is 30. The van der Waals surface area contributed by atoms with Gasteiger partial charge in [-0.2, -0.15) is 8.42 Å². The summed E-state index contributed by atoms with van der Waals surface area (Å²) in [4.78, 5) is 21.4. The highest BCUT2D eigenvalue weighted by atomic mass is 32.3. The highest BCUT2D eigenvalue weighted by Gasteiger charge is 2.01. The standard InChI is InChI=1S/C18H36O2.C16H32O2.2C2H7N.CH4O4S/c1-3-5-6-7-8-9-10-11-12-13-14-15-16-17-18(19)20-4-2;1-2-3-4-5-6-7-8-9-10-11-12-13-14-15-16(17)18;2*1-3-2;1-5-6(2,3)4/h3-17H2,1-2H3;2-15H2,1H3,(H,17,18);2*3H,1-2H3;1H3,(H,2,3,4). The fourth-order valence-electron chi connectivity index (χ4n) is 4.81. The number of ether oxygens (including phenoxy) is 1. The number of carbonyl (C=O) groups is 2. The fraction of sp³-hybridized carbons (Fsp3) is 0.949. The van der Waals surface area contributed by atoms with Crippen LogP contribution in [0.4, 0.5) is 0 Å². The molecule has 0 amide bonds. The molecule has 50 heavy (non-hydrogen) atoms. The molecule has 0 spiro atoms. The van der Waals surface area contributed by atoms with E-state index in [9.17, 15) is 18.0 Å². The van der Waals surface area contributed by atoms with Gasteiger partial charge in [0.2, 0.25) is 0 Å². The SMILES string of the molecule is CCCCCCCCCCCCCCCC(=O)O.CCCCCCCCCCCCCCCC(=O)OCC.CNC.CNC.COS(=O)(=O)O. The first kappa shape index (κ1) is 58.1. The van der Waals surface area contributed by atoms with Gasteiger partial charge in [-0.1, -0.05) is 168 Å². The number of aliphatic carboxylic acids is 1. The number of hydrogen-bond acceptors (Lipinski definition) is 8. The normalized spacial score (nSPS) is 10.3. The average Bonchev–Trinajstić information content (AvgIpc) is 3.06. The summed E-state index contributed by atoms with van der Waals surface area (Å²) in [5, 5.41) is 14.0. The molecular weight excluding hydrogens is 657 g/mol. The Bertz CT molecular complexity index is 723. The molecule has 0 bridgehead atoms. The van der Waals surface area contributed by atoms with Crippen LogP contribution in [0.2, 0.25) is 0 Å². The second-order valence-corrected chi connectivity index (χ2v) is 14.0. The molecule has 0 saturated carbocycles. The van der Waals surface area contributed by atoms with Gasteiger partial charge in [0.25, 0.3) is 0 Å². The van der Waals surface area contributed by atoms with E-state index in [0.717, 1.165) is 26.4 Å². The number of carboxylic acid groups (broad SMARTS) is 1. The molecule has 0 radical (unpaired) electrons. The number of carboxylic acids is 1. The Morgan fingerprint density at radius 2 is 0.720 bits per heavy atom. The quantitative estimate of drug-likeness (QED) is 0.0318. The molecule has 306 valence electrons. The lowest BCUT2D eigenvalue weighted by molar-refractivity contribution is -0.143. The van der Waals surface area contributed by atoms with E-state index < -0.39 is 16.4 Å². The van der Waals surface area contributed by atoms with Gasteiger partial charge < -0.3 is 20.5 Å². The van der Waals surface area contributed by atoms with E-state index in [1.165, 1.54) is 148 Å². The fourth-order valence-corrected chi connectivity index (χ4v) is 4.81. The molecule has 0 aliphatic rings. The number of unbranched alkanes of at least 4 members (excludes halogenated alkanes) is 24. The van der Waals surface area contributed by atoms with Gasteiger partial charge in [0, 0.05) is 12.8 Å². The minimum atomic E-state index is -4.16. The summed E-state index contributed by atoms with van der Waals surface area (Å²) >= 11 is 0. The van der Waals surface area contributed by atoms with Crippen molar-refractivity contribution in [2.45, 2.75) is 201 Å². The van der Waals surface area contributed by atoms with Crippen molar-refractivity contribution in [3.63, 3.8) is 0 Å². The molecule has 0 atom stereocenters. The second kappa shape index (κ2) is 54.5. The van der Waals surface area contributed by atoms with E-state index in [4.69, 9.17) is 14.4 Å². The van der Waals surface area contributed by atoms with E-state index in [0.29, 0.717) is 19.4 Å². The summed E-state index contributed by atoms with van der Waals surface area (Å²) in [5.74, 6) is -0.686. The molecule has 0 aromatic heterocycles. The number of carbonyl (C=O) groups excluding carboxylic acids is 1. The van der Waals surface area contributed by atoms with Gasteiger partial charge in [-0.3, -0.25) is 18.3 Å². The zero-order valence-electron chi connectivity index (χ0n) is 34.3. The number of hydrogen-bond donors (Lipinski definition) is 4. The summed E-state index contributed by atoms with van der Waals surface area (Å²) in [6, 6.07) is 0. The van der Waals surface area contributed by atoms with Gasteiger partial charge in [-0.15, -0.1) is 0 Å². The Morgan fingerprint density at radius 3 is 0.920 bits per heavy atom. The first-order valence-corrected chi connectivity index (χ1v) is 21.4. The van der Waals surface area contributed by atoms with Crippen LogP contribution in [0.1, 0.15) is 201 Å². The van der Waals surface area contributed by atoms with E-state index >= 15 is 0 Å². The van der Waals surface area contributed by atoms with Gasteiger partial charge in [-0.05, 0) is 48.0 Å². The van der Waals surface area contributed by atoms with Crippen LogP contribution in [-0.4, -0.2) is 71.9 Å². The van der Waals surface area contributed by atoms with Crippen LogP contribution in [0.15, 0.2) is 0 Å². The molecule has 4 N–H and O–H groups in total. The lowest BCUT2D eigenvalue weighted by atomic mass is 10.0. The minimum Gasteiger partial charge on any atom is -0.481 e. The molecule has 0 aromatic carbocycles. The van der Waals surface area contributed by atoms with Gasteiger partial charge in [0.05, 0.1) is 13.7 Å². The molecule has 0 saturated heterocycles. The Labute approximate surface area is 311 Å². The van der Waals surface area contributed by atoms with Crippen LogP contribution in [0, 0.1) is 0 Å². The molecule has 0 fully saturated rings. The Hall–Kier alpha value is -1.27.